The third kappa shape index (κ3) is 2.88. The van der Waals surface area contributed by atoms with Crippen LogP contribution in [0, 0.1) is 5.92 Å². The van der Waals surface area contributed by atoms with Gasteiger partial charge in [0.05, 0.1) is 16.8 Å². The molecule has 0 spiro atoms. The predicted octanol–water partition coefficient (Wildman–Crippen LogP) is 7.12. The number of hydrogen-bond acceptors (Lipinski definition) is 1. The van der Waals surface area contributed by atoms with Crippen LogP contribution in [0.15, 0.2) is 48.6 Å². The first kappa shape index (κ1) is 17.0. The second-order valence-corrected chi connectivity index (χ2v) is 8.98. The first-order chi connectivity index (χ1) is 11.9. The first-order valence-electron chi connectivity index (χ1n) is 8.88. The van der Waals surface area contributed by atoms with Crippen molar-refractivity contribution in [3.05, 3.63) is 75.3 Å². The highest BCUT2D eigenvalue weighted by molar-refractivity contribution is 6.36. The van der Waals surface area contributed by atoms with Gasteiger partial charge in [0.15, 0.2) is 0 Å². The molecular weight excluding hydrogens is 349 g/mol. The van der Waals surface area contributed by atoms with Gasteiger partial charge in [-0.1, -0.05) is 80.4 Å². The molecule has 1 heterocycles. The van der Waals surface area contributed by atoms with Crippen LogP contribution in [-0.4, -0.2) is 0 Å². The average Bonchev–Trinajstić information content (AvgIpc) is 3.06. The normalized spacial score (nSPS) is 24.6. The Morgan fingerprint density at radius 3 is 2.32 bits per heavy atom. The lowest BCUT2D eigenvalue weighted by atomic mass is 9.76. The third-order valence-corrected chi connectivity index (χ3v) is 6.20. The largest absolute Gasteiger partial charge is 0.376 e. The van der Waals surface area contributed by atoms with Gasteiger partial charge in [-0.2, -0.15) is 0 Å². The lowest BCUT2D eigenvalue weighted by Gasteiger charge is -2.38. The SMILES string of the molecule is CC(C)(C)c1ccc([C@@H]2Nc3c(Cl)ccc(Cl)c3[C@H]3C=CC[C@H]32)cc1. The monoisotopic (exact) mass is 371 g/mol. The molecule has 0 unspecified atom stereocenters. The topological polar surface area (TPSA) is 12.0 Å². The summed E-state index contributed by atoms with van der Waals surface area (Å²) in [4.78, 5) is 0. The zero-order chi connectivity index (χ0) is 17.8. The molecule has 25 heavy (non-hydrogen) atoms. The quantitative estimate of drug-likeness (QED) is 0.526. The Balaban J connectivity index is 1.76. The van der Waals surface area contributed by atoms with E-state index in [-0.39, 0.29) is 11.5 Å². The summed E-state index contributed by atoms with van der Waals surface area (Å²) >= 11 is 13.0. The van der Waals surface area contributed by atoms with Crippen LogP contribution in [0.1, 0.15) is 55.8 Å². The van der Waals surface area contributed by atoms with Crippen molar-refractivity contribution in [1.82, 2.24) is 0 Å². The van der Waals surface area contributed by atoms with E-state index in [2.05, 4.69) is 62.5 Å². The Hall–Kier alpha value is -1.44. The number of rotatable bonds is 1. The average molecular weight is 372 g/mol. The highest BCUT2D eigenvalue weighted by atomic mass is 35.5. The van der Waals surface area contributed by atoms with E-state index in [0.29, 0.717) is 11.8 Å². The van der Waals surface area contributed by atoms with Crippen LogP contribution in [0.5, 0.6) is 0 Å². The van der Waals surface area contributed by atoms with Crippen molar-refractivity contribution in [2.24, 2.45) is 5.92 Å². The minimum atomic E-state index is 0.166. The molecule has 1 N–H and O–H groups in total. The standard InChI is InChI=1S/C22H23Cl2N/c1-22(2,3)14-9-7-13(8-10-14)20-16-6-4-5-15(16)19-17(23)11-12-18(24)21(19)25-20/h4-5,7-12,15-16,20,25H,6H2,1-3H3/t15-,16+,20-/m0/s1. The maximum absolute atomic E-state index is 6.51. The van der Waals surface area contributed by atoms with Crippen LogP contribution in [0.2, 0.25) is 10.0 Å². The van der Waals surface area contributed by atoms with Gasteiger partial charge in [-0.15, -0.1) is 0 Å². The minimum absolute atomic E-state index is 0.166. The molecule has 0 radical (unpaired) electrons. The highest BCUT2D eigenvalue weighted by Gasteiger charge is 2.39. The highest BCUT2D eigenvalue weighted by Crippen LogP contribution is 2.53. The van der Waals surface area contributed by atoms with E-state index in [1.54, 1.807) is 0 Å². The molecule has 2 aliphatic rings. The van der Waals surface area contributed by atoms with Gasteiger partial charge in [0.1, 0.15) is 0 Å². The van der Waals surface area contributed by atoms with Crippen LogP contribution in [0.3, 0.4) is 0 Å². The summed E-state index contributed by atoms with van der Waals surface area (Å²) in [6.45, 7) is 6.74. The molecule has 0 fully saturated rings. The molecule has 1 nitrogen and oxygen atoms in total. The lowest BCUT2D eigenvalue weighted by molar-refractivity contribution is 0.425. The van der Waals surface area contributed by atoms with Gasteiger partial charge >= 0.3 is 0 Å². The van der Waals surface area contributed by atoms with Gasteiger partial charge in [0.2, 0.25) is 0 Å². The predicted molar refractivity (Wildman–Crippen MR) is 108 cm³/mol. The maximum atomic E-state index is 6.51. The molecule has 3 heteroatoms. The fourth-order valence-corrected chi connectivity index (χ4v) is 4.65. The van der Waals surface area contributed by atoms with Crippen molar-refractivity contribution < 1.29 is 0 Å². The molecule has 0 saturated carbocycles. The summed E-state index contributed by atoms with van der Waals surface area (Å²) in [7, 11) is 0. The molecule has 4 rings (SSSR count). The minimum Gasteiger partial charge on any atom is -0.376 e. The van der Waals surface area contributed by atoms with Crippen molar-refractivity contribution in [3.8, 4) is 0 Å². The Morgan fingerprint density at radius 2 is 1.64 bits per heavy atom. The van der Waals surface area contributed by atoms with Crippen LogP contribution >= 0.6 is 23.2 Å². The maximum Gasteiger partial charge on any atom is 0.0641 e. The van der Waals surface area contributed by atoms with E-state index in [1.807, 2.05) is 12.1 Å². The molecule has 2 aromatic rings. The number of benzene rings is 2. The van der Waals surface area contributed by atoms with Crippen LogP contribution in [0.4, 0.5) is 5.69 Å². The molecule has 0 aromatic heterocycles. The van der Waals surface area contributed by atoms with E-state index >= 15 is 0 Å². The number of allylic oxidation sites excluding steroid dienone is 2. The summed E-state index contributed by atoms with van der Waals surface area (Å²) in [5.74, 6) is 0.804. The van der Waals surface area contributed by atoms with Crippen LogP contribution in [-0.2, 0) is 5.41 Å². The fourth-order valence-electron chi connectivity index (χ4n) is 4.15. The number of anilines is 1. The fraction of sp³-hybridized carbons (Fsp3) is 0.364. The van der Waals surface area contributed by atoms with Crippen molar-refractivity contribution in [2.45, 2.75) is 44.6 Å². The Labute approximate surface area is 160 Å². The van der Waals surface area contributed by atoms with Crippen LogP contribution in [0.25, 0.3) is 0 Å². The Bertz CT molecular complexity index is 830. The number of fused-ring (bicyclic) bond motifs is 3. The zero-order valence-electron chi connectivity index (χ0n) is 14.8. The Kier molecular flexibility index (Phi) is 4.13. The van der Waals surface area contributed by atoms with Crippen molar-refractivity contribution in [3.63, 3.8) is 0 Å². The van der Waals surface area contributed by atoms with Gasteiger partial charge < -0.3 is 5.32 Å². The van der Waals surface area contributed by atoms with E-state index in [9.17, 15) is 0 Å². The van der Waals surface area contributed by atoms with Crippen molar-refractivity contribution >= 4 is 28.9 Å². The van der Waals surface area contributed by atoms with Gasteiger partial charge in [-0.25, -0.2) is 0 Å². The second kappa shape index (κ2) is 6.07. The van der Waals surface area contributed by atoms with Crippen molar-refractivity contribution in [2.75, 3.05) is 5.32 Å². The van der Waals surface area contributed by atoms with E-state index in [0.717, 1.165) is 27.7 Å². The summed E-state index contributed by atoms with van der Waals surface area (Å²) in [6, 6.07) is 13.1. The molecule has 0 amide bonds. The second-order valence-electron chi connectivity index (χ2n) is 8.17. The summed E-state index contributed by atoms with van der Waals surface area (Å²) in [5.41, 5.74) is 4.98. The molecule has 1 aliphatic heterocycles. The van der Waals surface area contributed by atoms with Gasteiger partial charge in [0.25, 0.3) is 0 Å². The summed E-state index contributed by atoms with van der Waals surface area (Å²) < 4.78 is 0. The molecule has 0 bridgehead atoms. The number of hydrogen-bond donors (Lipinski definition) is 1. The van der Waals surface area contributed by atoms with E-state index < -0.39 is 0 Å². The molecule has 0 saturated heterocycles. The number of nitrogens with one attached hydrogen (secondary N) is 1. The zero-order valence-corrected chi connectivity index (χ0v) is 16.3. The Morgan fingerprint density at radius 1 is 0.960 bits per heavy atom. The van der Waals surface area contributed by atoms with Gasteiger partial charge in [0, 0.05) is 16.5 Å². The molecular formula is C22H23Cl2N. The van der Waals surface area contributed by atoms with Crippen molar-refractivity contribution in [1.29, 1.82) is 0 Å². The summed E-state index contributed by atoms with van der Waals surface area (Å²) in [5, 5.41) is 5.24. The van der Waals surface area contributed by atoms with Gasteiger partial charge in [-0.05, 0) is 41.0 Å². The van der Waals surface area contributed by atoms with Gasteiger partial charge in [-0.3, -0.25) is 0 Å². The molecule has 3 atom stereocenters. The molecule has 130 valence electrons. The smallest absolute Gasteiger partial charge is 0.0641 e. The third-order valence-electron chi connectivity index (χ3n) is 5.55. The molecule has 2 aromatic carbocycles. The van der Waals surface area contributed by atoms with E-state index in [4.69, 9.17) is 23.2 Å². The van der Waals surface area contributed by atoms with Crippen LogP contribution < -0.4 is 5.32 Å². The first-order valence-corrected chi connectivity index (χ1v) is 9.63. The lowest BCUT2D eigenvalue weighted by Crippen LogP contribution is -2.29. The van der Waals surface area contributed by atoms with E-state index in [1.165, 1.54) is 11.1 Å². The molecule has 1 aliphatic carbocycles. The summed E-state index contributed by atoms with van der Waals surface area (Å²) in [6.07, 6.45) is 5.63. The number of halogens is 2.